The first kappa shape index (κ1) is 13.1. The van der Waals surface area contributed by atoms with Crippen LogP contribution < -0.4 is 15.4 Å². The van der Waals surface area contributed by atoms with Crippen molar-refractivity contribution < 1.29 is 9.13 Å². The predicted molar refractivity (Wildman–Crippen MR) is 72.6 cm³/mol. The summed E-state index contributed by atoms with van der Waals surface area (Å²) in [5.74, 6) is 0.759. The second kappa shape index (κ2) is 5.51. The molecule has 0 atom stereocenters. The fourth-order valence-corrected chi connectivity index (χ4v) is 1.67. The van der Waals surface area contributed by atoms with Gasteiger partial charge in [0.2, 0.25) is 5.95 Å². The lowest BCUT2D eigenvalue weighted by Crippen LogP contribution is -2.03. The van der Waals surface area contributed by atoms with Crippen LogP contribution in [0.25, 0.3) is 0 Å². The van der Waals surface area contributed by atoms with Crippen molar-refractivity contribution in [3.8, 4) is 5.75 Å². The number of methoxy groups -OCH3 is 1. The minimum atomic E-state index is -0.507. The molecule has 2 rings (SSSR count). The van der Waals surface area contributed by atoms with Crippen molar-refractivity contribution in [1.29, 1.82) is 0 Å². The Morgan fingerprint density at radius 2 is 2.11 bits per heavy atom. The molecule has 2 aromatic rings. The molecule has 0 fully saturated rings. The zero-order chi connectivity index (χ0) is 13.8. The number of rotatable bonds is 4. The Morgan fingerprint density at radius 1 is 1.32 bits per heavy atom. The van der Waals surface area contributed by atoms with Crippen LogP contribution in [-0.2, 0) is 0 Å². The van der Waals surface area contributed by atoms with Crippen molar-refractivity contribution in [2.24, 2.45) is 0 Å². The van der Waals surface area contributed by atoms with Crippen LogP contribution in [0.4, 0.5) is 21.8 Å². The molecule has 1 aromatic heterocycles. The van der Waals surface area contributed by atoms with E-state index in [1.165, 1.54) is 0 Å². The molecule has 0 aliphatic rings. The molecule has 6 heteroatoms. The SMILES string of the molecule is CNc1ncc(F)c(Nc2ccc(OC)c(C)c2)n1. The molecule has 0 spiro atoms. The minimum absolute atomic E-state index is 0.129. The van der Waals surface area contributed by atoms with E-state index in [0.717, 1.165) is 23.2 Å². The van der Waals surface area contributed by atoms with E-state index in [9.17, 15) is 4.39 Å². The van der Waals surface area contributed by atoms with Gasteiger partial charge in [-0.25, -0.2) is 9.37 Å². The number of halogens is 1. The van der Waals surface area contributed by atoms with Gasteiger partial charge in [0.1, 0.15) is 5.75 Å². The fourth-order valence-electron chi connectivity index (χ4n) is 1.67. The van der Waals surface area contributed by atoms with Gasteiger partial charge in [0.05, 0.1) is 13.3 Å². The number of benzene rings is 1. The lowest BCUT2D eigenvalue weighted by molar-refractivity contribution is 0.412. The average molecular weight is 262 g/mol. The van der Waals surface area contributed by atoms with Gasteiger partial charge < -0.3 is 15.4 Å². The summed E-state index contributed by atoms with van der Waals surface area (Å²) >= 11 is 0. The predicted octanol–water partition coefficient (Wildman–Crippen LogP) is 2.72. The molecule has 0 aliphatic carbocycles. The normalized spacial score (nSPS) is 10.1. The molecule has 0 aliphatic heterocycles. The Bertz CT molecular complexity index is 589. The standard InChI is InChI=1S/C13H15FN4O/c1-8-6-9(4-5-11(8)19-3)17-12-10(14)7-16-13(15-2)18-12/h4-7H,1-3H3,(H2,15,16,17,18). The van der Waals surface area contributed by atoms with Crippen LogP contribution in [-0.4, -0.2) is 24.1 Å². The van der Waals surface area contributed by atoms with Gasteiger partial charge in [-0.3, -0.25) is 0 Å². The average Bonchev–Trinajstić information content (AvgIpc) is 2.41. The summed E-state index contributed by atoms with van der Waals surface area (Å²) in [6.07, 6.45) is 1.12. The molecule has 0 bridgehead atoms. The van der Waals surface area contributed by atoms with Gasteiger partial charge in [-0.15, -0.1) is 0 Å². The van der Waals surface area contributed by atoms with Crippen LogP contribution in [0.15, 0.2) is 24.4 Å². The lowest BCUT2D eigenvalue weighted by atomic mass is 10.2. The van der Waals surface area contributed by atoms with Crippen LogP contribution in [0.2, 0.25) is 0 Å². The molecular formula is C13H15FN4O. The number of ether oxygens (including phenoxy) is 1. The van der Waals surface area contributed by atoms with Crippen molar-refractivity contribution in [2.75, 3.05) is 24.8 Å². The van der Waals surface area contributed by atoms with E-state index in [1.54, 1.807) is 20.2 Å². The van der Waals surface area contributed by atoms with Crippen LogP contribution in [0.3, 0.4) is 0 Å². The Morgan fingerprint density at radius 3 is 2.74 bits per heavy atom. The largest absolute Gasteiger partial charge is 0.496 e. The molecule has 100 valence electrons. The van der Waals surface area contributed by atoms with Crippen LogP contribution in [0.1, 0.15) is 5.56 Å². The van der Waals surface area contributed by atoms with Gasteiger partial charge in [-0.2, -0.15) is 4.98 Å². The second-order valence-electron chi connectivity index (χ2n) is 3.95. The summed E-state index contributed by atoms with van der Waals surface area (Å²) in [5, 5.41) is 5.68. The Hall–Kier alpha value is -2.37. The smallest absolute Gasteiger partial charge is 0.224 e. The summed E-state index contributed by atoms with van der Waals surface area (Å²) in [4.78, 5) is 7.81. The first-order valence-corrected chi connectivity index (χ1v) is 5.76. The van der Waals surface area contributed by atoms with Gasteiger partial charge in [-0.05, 0) is 30.7 Å². The second-order valence-corrected chi connectivity index (χ2v) is 3.95. The van der Waals surface area contributed by atoms with Crippen molar-refractivity contribution in [1.82, 2.24) is 9.97 Å². The zero-order valence-electron chi connectivity index (χ0n) is 11.0. The number of aromatic nitrogens is 2. The van der Waals surface area contributed by atoms with E-state index in [4.69, 9.17) is 4.74 Å². The van der Waals surface area contributed by atoms with Crippen LogP contribution in [0.5, 0.6) is 5.75 Å². The number of hydrogen-bond donors (Lipinski definition) is 2. The van der Waals surface area contributed by atoms with Crippen molar-refractivity contribution in [2.45, 2.75) is 6.92 Å². The molecule has 0 unspecified atom stereocenters. The summed E-state index contributed by atoms with van der Waals surface area (Å²) in [7, 11) is 3.28. The maximum Gasteiger partial charge on any atom is 0.224 e. The molecule has 19 heavy (non-hydrogen) atoms. The van der Waals surface area contributed by atoms with Gasteiger partial charge in [-0.1, -0.05) is 0 Å². The zero-order valence-corrected chi connectivity index (χ0v) is 11.0. The first-order chi connectivity index (χ1) is 9.13. The van der Waals surface area contributed by atoms with Gasteiger partial charge in [0.15, 0.2) is 11.6 Å². The number of nitrogens with zero attached hydrogens (tertiary/aromatic N) is 2. The number of nitrogens with one attached hydrogen (secondary N) is 2. The van der Waals surface area contributed by atoms with E-state index >= 15 is 0 Å². The Kier molecular flexibility index (Phi) is 3.79. The molecule has 2 N–H and O–H groups in total. The molecule has 0 radical (unpaired) electrons. The maximum atomic E-state index is 13.6. The molecule has 0 saturated heterocycles. The van der Waals surface area contributed by atoms with E-state index in [1.807, 2.05) is 19.1 Å². The van der Waals surface area contributed by atoms with Crippen molar-refractivity contribution in [3.63, 3.8) is 0 Å². The lowest BCUT2D eigenvalue weighted by Gasteiger charge is -2.10. The van der Waals surface area contributed by atoms with Crippen LogP contribution >= 0.6 is 0 Å². The molecule has 5 nitrogen and oxygen atoms in total. The highest BCUT2D eigenvalue weighted by molar-refractivity contribution is 5.60. The number of anilines is 3. The Balaban J connectivity index is 2.28. The third-order valence-corrected chi connectivity index (χ3v) is 2.63. The third kappa shape index (κ3) is 2.90. The fraction of sp³-hybridized carbons (Fsp3) is 0.231. The van der Waals surface area contributed by atoms with Crippen molar-refractivity contribution >= 4 is 17.5 Å². The summed E-state index contributed by atoms with van der Waals surface area (Å²) < 4.78 is 18.8. The highest BCUT2D eigenvalue weighted by Crippen LogP contribution is 2.24. The van der Waals surface area contributed by atoms with Gasteiger partial charge >= 0.3 is 0 Å². The molecule has 0 saturated carbocycles. The minimum Gasteiger partial charge on any atom is -0.496 e. The monoisotopic (exact) mass is 262 g/mol. The van der Waals surface area contributed by atoms with E-state index in [0.29, 0.717) is 5.95 Å². The maximum absolute atomic E-state index is 13.6. The molecule has 0 amide bonds. The third-order valence-electron chi connectivity index (χ3n) is 2.63. The topological polar surface area (TPSA) is 59.1 Å². The van der Waals surface area contributed by atoms with Crippen LogP contribution in [0, 0.1) is 12.7 Å². The molecule has 1 heterocycles. The quantitative estimate of drug-likeness (QED) is 0.887. The van der Waals surface area contributed by atoms with E-state index in [-0.39, 0.29) is 5.82 Å². The summed E-state index contributed by atoms with van der Waals surface area (Å²) in [6, 6.07) is 5.47. The molecule has 1 aromatic carbocycles. The summed E-state index contributed by atoms with van der Waals surface area (Å²) in [5.41, 5.74) is 1.69. The highest BCUT2D eigenvalue weighted by atomic mass is 19.1. The first-order valence-electron chi connectivity index (χ1n) is 5.76. The van der Waals surface area contributed by atoms with Crippen molar-refractivity contribution in [3.05, 3.63) is 35.8 Å². The Labute approximate surface area is 110 Å². The summed E-state index contributed by atoms with van der Waals surface area (Å²) in [6.45, 7) is 1.92. The number of hydrogen-bond acceptors (Lipinski definition) is 5. The van der Waals surface area contributed by atoms with E-state index in [2.05, 4.69) is 20.6 Å². The van der Waals surface area contributed by atoms with E-state index < -0.39 is 5.82 Å². The van der Waals surface area contributed by atoms with Gasteiger partial charge in [0.25, 0.3) is 0 Å². The van der Waals surface area contributed by atoms with Gasteiger partial charge in [0, 0.05) is 12.7 Å². The number of aryl methyl sites for hydroxylation is 1. The molecular weight excluding hydrogens is 247 g/mol. The highest BCUT2D eigenvalue weighted by Gasteiger charge is 2.07.